The fraction of sp³-hybridized carbons (Fsp3) is 0.0238. The third kappa shape index (κ3) is 3.94. The van der Waals surface area contributed by atoms with Gasteiger partial charge in [-0.1, -0.05) is 109 Å². The standard InChI is InChI=1S/C42H27NO2/c1-3-12-32(13-4-1)42(33-14-5-2-6-15-33)36-17-8-7-16-34(36)35-26-40-41(27-37(35)42)44-38-19-18-31(25-39(38)45-40)30-11-9-10-29(24-30)28-20-22-43-23-21-28/h1-27H. The summed E-state index contributed by atoms with van der Waals surface area (Å²) in [5.41, 5.74) is 11.2. The molecular weight excluding hydrogens is 550 g/mol. The first kappa shape index (κ1) is 25.6. The number of nitrogens with zero attached hydrogens (tertiary/aromatic N) is 1. The van der Waals surface area contributed by atoms with E-state index >= 15 is 0 Å². The molecule has 0 N–H and O–H groups in total. The molecule has 2 heterocycles. The second-order valence-electron chi connectivity index (χ2n) is 11.6. The van der Waals surface area contributed by atoms with E-state index in [0.717, 1.165) is 39.3 Å². The molecule has 7 aromatic rings. The predicted molar refractivity (Wildman–Crippen MR) is 179 cm³/mol. The van der Waals surface area contributed by atoms with Gasteiger partial charge in [-0.05, 0) is 98.1 Å². The van der Waals surface area contributed by atoms with Crippen LogP contribution in [0.25, 0.3) is 33.4 Å². The summed E-state index contributed by atoms with van der Waals surface area (Å²) >= 11 is 0. The van der Waals surface area contributed by atoms with Crippen LogP contribution < -0.4 is 9.47 Å². The predicted octanol–water partition coefficient (Wildman–Crippen LogP) is 10.7. The van der Waals surface area contributed by atoms with Gasteiger partial charge in [0.15, 0.2) is 23.0 Å². The average molecular weight is 578 g/mol. The summed E-state index contributed by atoms with van der Waals surface area (Å²) in [5, 5.41) is 0. The molecule has 3 heteroatoms. The Labute approximate surface area is 262 Å². The van der Waals surface area contributed by atoms with Gasteiger partial charge in [-0.3, -0.25) is 4.98 Å². The molecule has 0 bridgehead atoms. The molecule has 9 rings (SSSR count). The Morgan fingerprint density at radius 2 is 0.978 bits per heavy atom. The summed E-state index contributed by atoms with van der Waals surface area (Å²) in [7, 11) is 0. The Morgan fingerprint density at radius 1 is 0.378 bits per heavy atom. The zero-order chi connectivity index (χ0) is 29.8. The first-order valence-electron chi connectivity index (χ1n) is 15.2. The van der Waals surface area contributed by atoms with Crippen molar-refractivity contribution in [2.45, 2.75) is 5.41 Å². The molecule has 0 fully saturated rings. The van der Waals surface area contributed by atoms with Crippen molar-refractivity contribution in [1.29, 1.82) is 0 Å². The quantitative estimate of drug-likeness (QED) is 0.208. The fourth-order valence-corrected chi connectivity index (χ4v) is 7.12. The van der Waals surface area contributed by atoms with Crippen molar-refractivity contribution in [3.8, 4) is 56.4 Å². The Hall–Kier alpha value is -5.93. The third-order valence-electron chi connectivity index (χ3n) is 9.12. The molecule has 0 saturated carbocycles. The molecule has 1 aromatic heterocycles. The maximum atomic E-state index is 6.64. The number of fused-ring (bicyclic) bond motifs is 5. The van der Waals surface area contributed by atoms with Crippen LogP contribution >= 0.6 is 0 Å². The molecule has 0 unspecified atom stereocenters. The minimum absolute atomic E-state index is 0.489. The molecule has 2 aliphatic rings. The van der Waals surface area contributed by atoms with Crippen molar-refractivity contribution in [2.75, 3.05) is 0 Å². The van der Waals surface area contributed by atoms with Gasteiger partial charge >= 0.3 is 0 Å². The van der Waals surface area contributed by atoms with Gasteiger partial charge in [0, 0.05) is 12.4 Å². The van der Waals surface area contributed by atoms with Crippen LogP contribution in [-0.4, -0.2) is 4.98 Å². The average Bonchev–Trinajstić information content (AvgIpc) is 3.40. The molecule has 0 spiro atoms. The minimum atomic E-state index is -0.489. The van der Waals surface area contributed by atoms with E-state index in [0.29, 0.717) is 11.5 Å². The van der Waals surface area contributed by atoms with Crippen molar-refractivity contribution >= 4 is 0 Å². The van der Waals surface area contributed by atoms with E-state index in [-0.39, 0.29) is 0 Å². The van der Waals surface area contributed by atoms with Crippen LogP contribution in [0.3, 0.4) is 0 Å². The first-order chi connectivity index (χ1) is 22.3. The summed E-state index contributed by atoms with van der Waals surface area (Å²) < 4.78 is 13.3. The number of pyridine rings is 1. The monoisotopic (exact) mass is 577 g/mol. The van der Waals surface area contributed by atoms with E-state index in [4.69, 9.17) is 9.47 Å². The SMILES string of the molecule is c1ccc(C2(c3ccccc3)c3ccccc3-c3cc4c(cc32)Oc2ccc(-c3cccc(-c5ccncc5)c3)cc2O4)cc1. The summed E-state index contributed by atoms with van der Waals surface area (Å²) in [5.74, 6) is 2.85. The Balaban J connectivity index is 1.17. The molecule has 1 aliphatic carbocycles. The maximum absolute atomic E-state index is 6.64. The van der Waals surface area contributed by atoms with Crippen molar-refractivity contribution in [2.24, 2.45) is 0 Å². The Kier molecular flexibility index (Phi) is 5.72. The van der Waals surface area contributed by atoms with Gasteiger partial charge in [0.05, 0.1) is 5.41 Å². The summed E-state index contributed by atoms with van der Waals surface area (Å²) in [4.78, 5) is 4.16. The van der Waals surface area contributed by atoms with Gasteiger partial charge in [-0.2, -0.15) is 0 Å². The molecule has 0 atom stereocenters. The highest BCUT2D eigenvalue weighted by atomic mass is 16.6. The number of hydrogen-bond donors (Lipinski definition) is 0. The summed E-state index contributed by atoms with van der Waals surface area (Å²) in [6.07, 6.45) is 3.64. The van der Waals surface area contributed by atoms with E-state index in [9.17, 15) is 0 Å². The van der Waals surface area contributed by atoms with Crippen molar-refractivity contribution in [1.82, 2.24) is 4.98 Å². The fourth-order valence-electron chi connectivity index (χ4n) is 7.12. The normalized spacial score (nSPS) is 13.4. The highest BCUT2D eigenvalue weighted by Crippen LogP contribution is 2.59. The van der Waals surface area contributed by atoms with Crippen LogP contribution in [0, 0.1) is 0 Å². The lowest BCUT2D eigenvalue weighted by Gasteiger charge is -2.34. The van der Waals surface area contributed by atoms with Crippen LogP contribution in [0.4, 0.5) is 0 Å². The Bertz CT molecular complexity index is 2170. The van der Waals surface area contributed by atoms with E-state index in [1.54, 1.807) is 0 Å². The van der Waals surface area contributed by atoms with Crippen LogP contribution in [0.5, 0.6) is 23.0 Å². The second kappa shape index (κ2) is 10.1. The van der Waals surface area contributed by atoms with Crippen LogP contribution in [0.1, 0.15) is 22.3 Å². The van der Waals surface area contributed by atoms with Crippen molar-refractivity contribution in [3.05, 3.63) is 186 Å². The van der Waals surface area contributed by atoms with Crippen LogP contribution in [-0.2, 0) is 5.41 Å². The van der Waals surface area contributed by atoms with Gasteiger partial charge in [0.1, 0.15) is 0 Å². The molecule has 212 valence electrons. The second-order valence-corrected chi connectivity index (χ2v) is 11.6. The van der Waals surface area contributed by atoms with Gasteiger partial charge in [-0.25, -0.2) is 0 Å². The molecule has 0 saturated heterocycles. The lowest BCUT2D eigenvalue weighted by Crippen LogP contribution is -2.28. The lowest BCUT2D eigenvalue weighted by atomic mass is 9.67. The third-order valence-corrected chi connectivity index (χ3v) is 9.12. The number of ether oxygens (including phenoxy) is 2. The van der Waals surface area contributed by atoms with Gasteiger partial charge in [-0.15, -0.1) is 0 Å². The number of benzene rings is 6. The largest absolute Gasteiger partial charge is 0.450 e. The molecular formula is C42H27NO2. The smallest absolute Gasteiger partial charge is 0.170 e. The molecule has 45 heavy (non-hydrogen) atoms. The zero-order valence-corrected chi connectivity index (χ0v) is 24.4. The van der Waals surface area contributed by atoms with Crippen LogP contribution in [0.2, 0.25) is 0 Å². The van der Waals surface area contributed by atoms with Crippen molar-refractivity contribution < 1.29 is 9.47 Å². The molecule has 0 radical (unpaired) electrons. The number of rotatable bonds is 4. The van der Waals surface area contributed by atoms with Crippen molar-refractivity contribution in [3.63, 3.8) is 0 Å². The lowest BCUT2D eigenvalue weighted by molar-refractivity contribution is 0.359. The van der Waals surface area contributed by atoms with E-state index in [1.807, 2.05) is 30.6 Å². The van der Waals surface area contributed by atoms with Gasteiger partial charge in [0.25, 0.3) is 0 Å². The topological polar surface area (TPSA) is 31.4 Å². The molecule has 0 amide bonds. The summed E-state index contributed by atoms with van der Waals surface area (Å²) in [6.45, 7) is 0. The minimum Gasteiger partial charge on any atom is -0.450 e. The Morgan fingerprint density at radius 3 is 1.73 bits per heavy atom. The summed E-state index contributed by atoms with van der Waals surface area (Å²) in [6, 6.07) is 53.5. The highest BCUT2D eigenvalue weighted by molar-refractivity contribution is 5.88. The number of hydrogen-bond acceptors (Lipinski definition) is 3. The molecule has 6 aromatic carbocycles. The first-order valence-corrected chi connectivity index (χ1v) is 15.2. The maximum Gasteiger partial charge on any atom is 0.170 e. The van der Waals surface area contributed by atoms with E-state index in [1.165, 1.54) is 27.8 Å². The van der Waals surface area contributed by atoms with E-state index in [2.05, 4.69) is 138 Å². The highest BCUT2D eigenvalue weighted by Gasteiger charge is 2.47. The zero-order valence-electron chi connectivity index (χ0n) is 24.4. The van der Waals surface area contributed by atoms with E-state index < -0.39 is 5.41 Å². The molecule has 1 aliphatic heterocycles. The molecule has 3 nitrogen and oxygen atoms in total. The number of aromatic nitrogens is 1. The van der Waals surface area contributed by atoms with Crippen LogP contribution in [0.15, 0.2) is 164 Å². The van der Waals surface area contributed by atoms with Gasteiger partial charge in [0.2, 0.25) is 0 Å². The van der Waals surface area contributed by atoms with Gasteiger partial charge < -0.3 is 9.47 Å².